The lowest BCUT2D eigenvalue weighted by Gasteiger charge is -2.08. The maximum Gasteiger partial charge on any atom is 0.0998 e. The van der Waals surface area contributed by atoms with Crippen molar-refractivity contribution in [1.29, 1.82) is 5.26 Å². The summed E-state index contributed by atoms with van der Waals surface area (Å²) in [5, 5.41) is 12.0. The summed E-state index contributed by atoms with van der Waals surface area (Å²) in [4.78, 5) is 0. The number of fused-ring (bicyclic) bond motifs is 1. The summed E-state index contributed by atoms with van der Waals surface area (Å²) in [6, 6.07) is 29.0. The highest BCUT2D eigenvalue weighted by molar-refractivity contribution is 14.1. The van der Waals surface area contributed by atoms with Crippen LogP contribution in [0.25, 0.3) is 28.1 Å². The Morgan fingerprint density at radius 1 is 0.885 bits per heavy atom. The van der Waals surface area contributed by atoms with Crippen LogP contribution >= 0.6 is 22.6 Å². The van der Waals surface area contributed by atoms with Gasteiger partial charge < -0.3 is 4.57 Å². The number of allylic oxidation sites excluding steroid dienone is 1. The molecule has 1 heterocycles. The Hall–Kier alpha value is -2.84. The summed E-state index contributed by atoms with van der Waals surface area (Å²) in [7, 11) is 0. The molecule has 0 aliphatic rings. The molecule has 2 nitrogen and oxygen atoms in total. The van der Waals surface area contributed by atoms with Crippen molar-refractivity contribution in [2.75, 3.05) is 0 Å². The van der Waals surface area contributed by atoms with Crippen LogP contribution in [0.15, 0.2) is 85.1 Å². The standard InChI is InChI=1S/C23H15IN2/c24-21-9-11-22(12-10-21)26-13-3-6-23(26)15-20(16-25)19-8-7-17-4-1-2-5-18(17)14-19/h1-15H/b20-15-. The Balaban J connectivity index is 1.77. The molecule has 124 valence electrons. The van der Waals surface area contributed by atoms with Crippen molar-refractivity contribution in [1.82, 2.24) is 4.57 Å². The van der Waals surface area contributed by atoms with Crippen molar-refractivity contribution >= 4 is 45.0 Å². The van der Waals surface area contributed by atoms with Crippen LogP contribution in [-0.4, -0.2) is 4.57 Å². The van der Waals surface area contributed by atoms with Gasteiger partial charge in [-0.2, -0.15) is 5.26 Å². The van der Waals surface area contributed by atoms with Crippen molar-refractivity contribution in [3.05, 3.63) is 99.9 Å². The third-order valence-corrected chi connectivity index (χ3v) is 5.08. The average Bonchev–Trinajstić information content (AvgIpc) is 3.14. The number of hydrogen-bond acceptors (Lipinski definition) is 1. The summed E-state index contributed by atoms with van der Waals surface area (Å²) >= 11 is 2.30. The molecular formula is C23H15IN2. The van der Waals surface area contributed by atoms with Crippen LogP contribution < -0.4 is 0 Å². The molecule has 0 unspecified atom stereocenters. The van der Waals surface area contributed by atoms with Crippen LogP contribution in [0.2, 0.25) is 0 Å². The Labute approximate surface area is 166 Å². The normalized spacial score (nSPS) is 11.5. The van der Waals surface area contributed by atoms with Crippen molar-refractivity contribution in [3.63, 3.8) is 0 Å². The van der Waals surface area contributed by atoms with Crippen molar-refractivity contribution < 1.29 is 0 Å². The number of halogens is 1. The molecule has 0 spiro atoms. The molecule has 3 heteroatoms. The zero-order chi connectivity index (χ0) is 17.9. The lowest BCUT2D eigenvalue weighted by Crippen LogP contribution is -1.95. The van der Waals surface area contributed by atoms with E-state index in [0.29, 0.717) is 5.57 Å². The molecule has 0 N–H and O–H groups in total. The lowest BCUT2D eigenvalue weighted by atomic mass is 10.0. The third kappa shape index (κ3) is 3.29. The van der Waals surface area contributed by atoms with Gasteiger partial charge in [-0.1, -0.05) is 36.4 Å². The maximum absolute atomic E-state index is 9.72. The third-order valence-electron chi connectivity index (χ3n) is 4.36. The molecule has 4 rings (SSSR count). The Bertz CT molecular complexity index is 1140. The Morgan fingerprint density at radius 3 is 2.42 bits per heavy atom. The maximum atomic E-state index is 9.72. The predicted molar refractivity (Wildman–Crippen MR) is 116 cm³/mol. The molecule has 0 atom stereocenters. The number of hydrogen-bond donors (Lipinski definition) is 0. The molecule has 0 saturated carbocycles. The van der Waals surface area contributed by atoms with Crippen LogP contribution in [0.5, 0.6) is 0 Å². The van der Waals surface area contributed by atoms with Gasteiger partial charge in [-0.15, -0.1) is 0 Å². The van der Waals surface area contributed by atoms with Gasteiger partial charge in [0.2, 0.25) is 0 Å². The van der Waals surface area contributed by atoms with Gasteiger partial charge in [0.25, 0.3) is 0 Å². The van der Waals surface area contributed by atoms with Crippen LogP contribution in [-0.2, 0) is 0 Å². The minimum absolute atomic E-state index is 0.654. The first-order chi connectivity index (χ1) is 12.7. The smallest absolute Gasteiger partial charge is 0.0998 e. The molecule has 3 aromatic carbocycles. The summed E-state index contributed by atoms with van der Waals surface area (Å²) < 4.78 is 3.29. The molecule has 4 aromatic rings. The highest BCUT2D eigenvalue weighted by Gasteiger charge is 2.06. The quantitative estimate of drug-likeness (QED) is 0.268. The molecule has 0 radical (unpaired) electrons. The minimum Gasteiger partial charge on any atom is -0.317 e. The van der Waals surface area contributed by atoms with Gasteiger partial charge in [0.05, 0.1) is 11.6 Å². The largest absolute Gasteiger partial charge is 0.317 e. The molecule has 0 aliphatic heterocycles. The highest BCUT2D eigenvalue weighted by atomic mass is 127. The van der Waals surface area contributed by atoms with Gasteiger partial charge >= 0.3 is 0 Å². The molecule has 0 aliphatic carbocycles. The molecule has 0 saturated heterocycles. The van der Waals surface area contributed by atoms with Gasteiger partial charge in [-0.3, -0.25) is 0 Å². The van der Waals surface area contributed by atoms with Crippen LogP contribution in [0.1, 0.15) is 11.3 Å². The van der Waals surface area contributed by atoms with E-state index in [1.54, 1.807) is 0 Å². The second-order valence-corrected chi connectivity index (χ2v) is 7.26. The number of nitrogens with zero attached hydrogens (tertiary/aromatic N) is 2. The fourth-order valence-electron chi connectivity index (χ4n) is 3.03. The van der Waals surface area contributed by atoms with Crippen LogP contribution in [0.3, 0.4) is 0 Å². The Kier molecular flexibility index (Phi) is 4.59. The van der Waals surface area contributed by atoms with E-state index >= 15 is 0 Å². The topological polar surface area (TPSA) is 28.7 Å². The fraction of sp³-hybridized carbons (Fsp3) is 0. The molecule has 1 aromatic heterocycles. The second kappa shape index (κ2) is 7.19. The summed E-state index contributed by atoms with van der Waals surface area (Å²) in [6.07, 6.45) is 3.96. The minimum atomic E-state index is 0.654. The molecule has 0 fully saturated rings. The van der Waals surface area contributed by atoms with Gasteiger partial charge in [0.15, 0.2) is 0 Å². The summed E-state index contributed by atoms with van der Waals surface area (Å²) in [5.41, 5.74) is 3.65. The van der Waals surface area contributed by atoms with E-state index < -0.39 is 0 Å². The fourth-order valence-corrected chi connectivity index (χ4v) is 3.39. The predicted octanol–water partition coefficient (Wildman–Crippen LogP) is 6.30. The number of nitriles is 1. The number of aromatic nitrogens is 1. The first kappa shape index (κ1) is 16.6. The van der Waals surface area contributed by atoms with E-state index in [2.05, 4.69) is 81.8 Å². The highest BCUT2D eigenvalue weighted by Crippen LogP contribution is 2.24. The van der Waals surface area contributed by atoms with E-state index in [1.807, 2.05) is 42.6 Å². The van der Waals surface area contributed by atoms with E-state index in [1.165, 1.54) is 8.96 Å². The van der Waals surface area contributed by atoms with Gasteiger partial charge in [0, 0.05) is 21.1 Å². The van der Waals surface area contributed by atoms with Gasteiger partial charge in [-0.25, -0.2) is 0 Å². The molecule has 0 bridgehead atoms. The zero-order valence-corrected chi connectivity index (χ0v) is 16.1. The summed E-state index contributed by atoms with van der Waals surface area (Å²) in [5.74, 6) is 0. The second-order valence-electron chi connectivity index (χ2n) is 6.01. The monoisotopic (exact) mass is 446 g/mol. The van der Waals surface area contributed by atoms with Crippen LogP contribution in [0.4, 0.5) is 0 Å². The van der Waals surface area contributed by atoms with Crippen molar-refractivity contribution in [2.24, 2.45) is 0 Å². The van der Waals surface area contributed by atoms with E-state index in [9.17, 15) is 5.26 Å². The van der Waals surface area contributed by atoms with E-state index in [4.69, 9.17) is 0 Å². The van der Waals surface area contributed by atoms with Gasteiger partial charge in [0.1, 0.15) is 0 Å². The first-order valence-corrected chi connectivity index (χ1v) is 9.37. The molecule has 26 heavy (non-hydrogen) atoms. The van der Waals surface area contributed by atoms with E-state index in [-0.39, 0.29) is 0 Å². The van der Waals surface area contributed by atoms with Crippen LogP contribution in [0, 0.1) is 14.9 Å². The molecule has 0 amide bonds. The van der Waals surface area contributed by atoms with E-state index in [0.717, 1.165) is 22.3 Å². The summed E-state index contributed by atoms with van der Waals surface area (Å²) in [6.45, 7) is 0. The SMILES string of the molecule is N#C/C(=C/c1cccn1-c1ccc(I)cc1)c1ccc2ccccc2c1. The van der Waals surface area contributed by atoms with Crippen molar-refractivity contribution in [3.8, 4) is 11.8 Å². The van der Waals surface area contributed by atoms with Crippen molar-refractivity contribution in [2.45, 2.75) is 0 Å². The lowest BCUT2D eigenvalue weighted by molar-refractivity contribution is 1.06. The zero-order valence-electron chi connectivity index (χ0n) is 13.9. The Morgan fingerprint density at radius 2 is 1.65 bits per heavy atom. The number of rotatable bonds is 3. The number of benzene rings is 3. The average molecular weight is 446 g/mol. The van der Waals surface area contributed by atoms with Gasteiger partial charge in [-0.05, 0) is 87.5 Å². The molecular weight excluding hydrogens is 431 g/mol. The first-order valence-electron chi connectivity index (χ1n) is 8.29.